The van der Waals surface area contributed by atoms with Crippen LogP contribution in [0, 0.1) is 0 Å². The molecule has 0 saturated carbocycles. The van der Waals surface area contributed by atoms with Crippen molar-refractivity contribution in [2.24, 2.45) is 0 Å². The number of ether oxygens (including phenoxy) is 1. The predicted octanol–water partition coefficient (Wildman–Crippen LogP) is 2.12. The molecule has 0 bridgehead atoms. The molecule has 0 radical (unpaired) electrons. The fourth-order valence-electron chi connectivity index (χ4n) is 1.18. The monoisotopic (exact) mass is 259 g/mol. The number of hydrogen-bond acceptors (Lipinski definition) is 4. The van der Waals surface area contributed by atoms with E-state index in [0.717, 1.165) is 18.6 Å². The van der Waals surface area contributed by atoms with E-state index in [-0.39, 0.29) is 0 Å². The maximum atomic E-state index is 10.5. The Hall–Kier alpha value is -1.27. The smallest absolute Gasteiger partial charge is 0.283 e. The Morgan fingerprint density at radius 2 is 1.94 bits per heavy atom. The largest absolute Gasteiger partial charge is 0.494 e. The normalized spacial score (nSPS) is 11.2. The number of rotatable bonds is 7. The highest BCUT2D eigenvalue weighted by atomic mass is 32.2. The maximum Gasteiger partial charge on any atom is 0.283 e. The van der Waals surface area contributed by atoms with E-state index in [1.807, 2.05) is 0 Å². The first-order valence-corrected chi connectivity index (χ1v) is 7.04. The standard InChI is InChI=1S/C11H17NO4S/c1-2-3-8-16-11-6-4-10(5-7-11)12-9-17(13,14)15/h4-7,12H,2-3,8-9H2,1H3,(H,13,14,15). The molecule has 96 valence electrons. The van der Waals surface area contributed by atoms with Crippen molar-refractivity contribution < 1.29 is 17.7 Å². The second kappa shape index (κ2) is 6.46. The van der Waals surface area contributed by atoms with E-state index in [1.54, 1.807) is 24.3 Å². The van der Waals surface area contributed by atoms with Gasteiger partial charge in [0, 0.05) is 5.69 Å². The van der Waals surface area contributed by atoms with Gasteiger partial charge in [0.15, 0.2) is 0 Å². The summed E-state index contributed by atoms with van der Waals surface area (Å²) >= 11 is 0. The first-order chi connectivity index (χ1) is 8.01. The third-order valence-corrected chi connectivity index (χ3v) is 2.59. The van der Waals surface area contributed by atoms with Gasteiger partial charge in [-0.25, -0.2) is 0 Å². The molecule has 1 aromatic rings. The van der Waals surface area contributed by atoms with Gasteiger partial charge in [0.05, 0.1) is 6.61 Å². The minimum atomic E-state index is -3.99. The molecule has 0 spiro atoms. The second-order valence-corrected chi connectivity index (χ2v) is 5.08. The Morgan fingerprint density at radius 3 is 2.47 bits per heavy atom. The van der Waals surface area contributed by atoms with Crippen LogP contribution in [0.1, 0.15) is 19.8 Å². The molecule has 0 aliphatic rings. The molecule has 0 saturated heterocycles. The zero-order valence-corrected chi connectivity index (χ0v) is 10.5. The molecule has 2 N–H and O–H groups in total. The van der Waals surface area contributed by atoms with Crippen molar-refractivity contribution >= 4 is 15.8 Å². The highest BCUT2D eigenvalue weighted by Gasteiger charge is 2.03. The molecule has 0 atom stereocenters. The molecule has 0 heterocycles. The lowest BCUT2D eigenvalue weighted by atomic mass is 10.3. The Bertz CT molecular complexity index is 427. The third-order valence-electron chi connectivity index (χ3n) is 2.08. The van der Waals surface area contributed by atoms with Gasteiger partial charge in [0.25, 0.3) is 10.1 Å². The minimum absolute atomic E-state index is 0.497. The third kappa shape index (κ3) is 6.13. The van der Waals surface area contributed by atoms with Gasteiger partial charge in [0.1, 0.15) is 11.6 Å². The van der Waals surface area contributed by atoms with Gasteiger partial charge in [-0.1, -0.05) is 13.3 Å². The van der Waals surface area contributed by atoms with Crippen LogP contribution in [-0.4, -0.2) is 25.5 Å². The van der Waals surface area contributed by atoms with Gasteiger partial charge in [-0.05, 0) is 30.7 Å². The predicted molar refractivity (Wildman–Crippen MR) is 66.9 cm³/mol. The summed E-state index contributed by atoms with van der Waals surface area (Å²) in [6, 6.07) is 6.91. The summed E-state index contributed by atoms with van der Waals surface area (Å²) in [5.74, 6) is 0.249. The zero-order chi connectivity index (χ0) is 12.7. The first-order valence-electron chi connectivity index (χ1n) is 5.43. The van der Waals surface area contributed by atoms with Crippen molar-refractivity contribution in [3.05, 3.63) is 24.3 Å². The van der Waals surface area contributed by atoms with Crippen molar-refractivity contribution in [3.63, 3.8) is 0 Å². The van der Waals surface area contributed by atoms with Gasteiger partial charge >= 0.3 is 0 Å². The summed E-state index contributed by atoms with van der Waals surface area (Å²) in [4.78, 5) is 0. The Labute approximate surface area is 102 Å². The van der Waals surface area contributed by atoms with E-state index in [2.05, 4.69) is 12.2 Å². The average molecular weight is 259 g/mol. The SMILES string of the molecule is CCCCOc1ccc(NCS(=O)(=O)O)cc1. The first kappa shape index (κ1) is 13.8. The molecule has 0 aliphatic heterocycles. The van der Waals surface area contributed by atoms with Crippen LogP contribution in [0.2, 0.25) is 0 Å². The van der Waals surface area contributed by atoms with Crippen molar-refractivity contribution in [2.45, 2.75) is 19.8 Å². The van der Waals surface area contributed by atoms with Crippen LogP contribution >= 0.6 is 0 Å². The van der Waals surface area contributed by atoms with Crippen LogP contribution in [0.25, 0.3) is 0 Å². The maximum absolute atomic E-state index is 10.5. The van der Waals surface area contributed by atoms with E-state index in [9.17, 15) is 8.42 Å². The average Bonchev–Trinajstić information content (AvgIpc) is 2.27. The summed E-state index contributed by atoms with van der Waals surface area (Å²) in [6.07, 6.45) is 2.08. The molecule has 0 fully saturated rings. The summed E-state index contributed by atoms with van der Waals surface area (Å²) in [6.45, 7) is 2.76. The van der Waals surface area contributed by atoms with E-state index in [1.165, 1.54) is 0 Å². The number of nitrogens with one attached hydrogen (secondary N) is 1. The zero-order valence-electron chi connectivity index (χ0n) is 9.72. The number of anilines is 1. The van der Waals surface area contributed by atoms with Gasteiger partial charge in [0.2, 0.25) is 0 Å². The number of benzene rings is 1. The molecule has 0 amide bonds. The molecule has 1 rings (SSSR count). The van der Waals surface area contributed by atoms with Crippen molar-refractivity contribution in [1.29, 1.82) is 0 Å². The molecule has 0 aromatic heterocycles. The van der Waals surface area contributed by atoms with Crippen LogP contribution < -0.4 is 10.1 Å². The lowest BCUT2D eigenvalue weighted by Crippen LogP contribution is -2.12. The van der Waals surface area contributed by atoms with E-state index < -0.39 is 16.0 Å². The lowest BCUT2D eigenvalue weighted by Gasteiger charge is -2.07. The van der Waals surface area contributed by atoms with E-state index in [4.69, 9.17) is 9.29 Å². The van der Waals surface area contributed by atoms with Gasteiger partial charge in [-0.2, -0.15) is 8.42 Å². The van der Waals surface area contributed by atoms with Gasteiger partial charge < -0.3 is 10.1 Å². The quantitative estimate of drug-likeness (QED) is 0.579. The van der Waals surface area contributed by atoms with E-state index >= 15 is 0 Å². The minimum Gasteiger partial charge on any atom is -0.494 e. The molecule has 0 unspecified atom stereocenters. The van der Waals surface area contributed by atoms with Crippen molar-refractivity contribution in [1.82, 2.24) is 0 Å². The molecule has 6 heteroatoms. The summed E-state index contributed by atoms with van der Waals surface area (Å²) in [5.41, 5.74) is 0.616. The highest BCUT2D eigenvalue weighted by molar-refractivity contribution is 7.85. The molecular weight excluding hydrogens is 242 g/mol. The molecule has 17 heavy (non-hydrogen) atoms. The van der Waals surface area contributed by atoms with Gasteiger partial charge in [-0.3, -0.25) is 4.55 Å². The molecular formula is C11H17NO4S. The lowest BCUT2D eigenvalue weighted by molar-refractivity contribution is 0.309. The van der Waals surface area contributed by atoms with Crippen LogP contribution in [0.3, 0.4) is 0 Å². The van der Waals surface area contributed by atoms with Gasteiger partial charge in [-0.15, -0.1) is 0 Å². The van der Waals surface area contributed by atoms with Crippen LogP contribution in [0.5, 0.6) is 5.75 Å². The summed E-state index contributed by atoms with van der Waals surface area (Å²) < 4.78 is 35.0. The topological polar surface area (TPSA) is 75.6 Å². The fraction of sp³-hybridized carbons (Fsp3) is 0.455. The van der Waals surface area contributed by atoms with Crippen LogP contribution in [-0.2, 0) is 10.1 Å². The van der Waals surface area contributed by atoms with Crippen molar-refractivity contribution in [2.75, 3.05) is 17.8 Å². The Morgan fingerprint density at radius 1 is 1.29 bits per heavy atom. The number of hydrogen-bond donors (Lipinski definition) is 2. The second-order valence-electron chi connectivity index (χ2n) is 3.63. The molecule has 5 nitrogen and oxygen atoms in total. The van der Waals surface area contributed by atoms with Crippen LogP contribution in [0.15, 0.2) is 24.3 Å². The van der Waals surface area contributed by atoms with Crippen molar-refractivity contribution in [3.8, 4) is 5.75 Å². The fourth-order valence-corrected chi connectivity index (χ4v) is 1.53. The number of unbranched alkanes of at least 4 members (excludes halogenated alkanes) is 1. The Balaban J connectivity index is 2.44. The summed E-state index contributed by atoms with van der Waals surface area (Å²) in [5, 5.41) is 2.59. The molecule has 1 aromatic carbocycles. The van der Waals surface area contributed by atoms with Crippen LogP contribution in [0.4, 0.5) is 5.69 Å². The summed E-state index contributed by atoms with van der Waals surface area (Å²) in [7, 11) is -3.99. The highest BCUT2D eigenvalue weighted by Crippen LogP contribution is 2.15. The van der Waals surface area contributed by atoms with E-state index in [0.29, 0.717) is 12.3 Å². The molecule has 0 aliphatic carbocycles. The Kier molecular flexibility index (Phi) is 5.24.